The Labute approximate surface area is 114 Å². The Kier molecular flexibility index (Phi) is 4.56. The third-order valence-corrected chi connectivity index (χ3v) is 2.90. The summed E-state index contributed by atoms with van der Waals surface area (Å²) in [6.07, 6.45) is -0.509. The molecule has 0 aliphatic rings. The van der Waals surface area contributed by atoms with Crippen LogP contribution in [-0.2, 0) is 18.3 Å². The molecule has 0 radical (unpaired) electrons. The fourth-order valence-electron chi connectivity index (χ4n) is 1.32. The molecule has 1 amide bonds. The maximum Gasteiger partial charge on any atom is 0.407 e. The minimum atomic E-state index is -0.538. The van der Waals surface area contributed by atoms with E-state index >= 15 is 0 Å². The van der Waals surface area contributed by atoms with Crippen molar-refractivity contribution in [1.29, 1.82) is 0 Å². The van der Waals surface area contributed by atoms with Crippen molar-refractivity contribution in [2.45, 2.75) is 32.9 Å². The number of nitrogens with one attached hydrogen (secondary N) is 1. The molecule has 1 heterocycles. The van der Waals surface area contributed by atoms with Crippen molar-refractivity contribution in [2.75, 3.05) is 0 Å². The van der Waals surface area contributed by atoms with Gasteiger partial charge in [-0.3, -0.25) is 4.79 Å². The van der Waals surface area contributed by atoms with E-state index in [1.54, 1.807) is 33.9 Å². The minimum Gasteiger partial charge on any atom is -0.444 e. The van der Waals surface area contributed by atoms with E-state index in [0.29, 0.717) is 5.69 Å². The summed E-state index contributed by atoms with van der Waals surface area (Å²) in [5.41, 5.74) is 0.0247. The first-order valence-electron chi connectivity index (χ1n) is 5.52. The van der Waals surface area contributed by atoms with Crippen LogP contribution in [0.4, 0.5) is 4.79 Å². The van der Waals surface area contributed by atoms with Crippen molar-refractivity contribution in [1.82, 2.24) is 9.88 Å². The monoisotopic (exact) mass is 316 g/mol. The first-order chi connectivity index (χ1) is 8.20. The number of alkyl carbamates (subject to hydrolysis) is 1. The highest BCUT2D eigenvalue weighted by Crippen LogP contribution is 2.13. The maximum absolute atomic E-state index is 11.5. The molecular formula is C12H17BrN2O3. The van der Waals surface area contributed by atoms with Crippen LogP contribution < -0.4 is 10.9 Å². The van der Waals surface area contributed by atoms with Gasteiger partial charge in [-0.15, -0.1) is 0 Å². The van der Waals surface area contributed by atoms with E-state index < -0.39 is 11.7 Å². The molecule has 0 aromatic carbocycles. The predicted molar refractivity (Wildman–Crippen MR) is 72.5 cm³/mol. The van der Waals surface area contributed by atoms with Crippen LogP contribution in [0.25, 0.3) is 0 Å². The Morgan fingerprint density at radius 1 is 1.44 bits per heavy atom. The normalized spacial score (nSPS) is 11.2. The van der Waals surface area contributed by atoms with Crippen molar-refractivity contribution >= 4 is 22.0 Å². The van der Waals surface area contributed by atoms with Crippen molar-refractivity contribution < 1.29 is 9.53 Å². The Bertz CT molecular complexity index is 503. The van der Waals surface area contributed by atoms with E-state index in [0.717, 1.165) is 4.47 Å². The molecule has 0 aliphatic carbocycles. The fourth-order valence-corrected chi connectivity index (χ4v) is 1.86. The van der Waals surface area contributed by atoms with E-state index in [1.165, 1.54) is 10.6 Å². The molecule has 0 atom stereocenters. The molecule has 0 bridgehead atoms. The number of carbonyl (C=O) groups is 1. The van der Waals surface area contributed by atoms with Crippen LogP contribution in [0.5, 0.6) is 0 Å². The summed E-state index contributed by atoms with van der Waals surface area (Å²) in [6.45, 7) is 5.60. The Morgan fingerprint density at radius 2 is 2.06 bits per heavy atom. The van der Waals surface area contributed by atoms with E-state index in [1.807, 2.05) is 0 Å². The number of hydrogen-bond donors (Lipinski definition) is 1. The lowest BCUT2D eigenvalue weighted by Crippen LogP contribution is -2.33. The van der Waals surface area contributed by atoms with Crippen LogP contribution in [-0.4, -0.2) is 16.3 Å². The Morgan fingerprint density at radius 3 is 2.61 bits per heavy atom. The van der Waals surface area contributed by atoms with E-state index in [9.17, 15) is 9.59 Å². The third-order valence-electron chi connectivity index (χ3n) is 2.18. The lowest BCUT2D eigenvalue weighted by molar-refractivity contribution is 0.0522. The minimum absolute atomic E-state index is 0.126. The highest BCUT2D eigenvalue weighted by molar-refractivity contribution is 9.10. The summed E-state index contributed by atoms with van der Waals surface area (Å²) in [5, 5.41) is 2.61. The average Bonchev–Trinajstić information content (AvgIpc) is 2.21. The van der Waals surface area contributed by atoms with Gasteiger partial charge in [-0.1, -0.05) is 0 Å². The molecule has 1 aromatic rings. The Balaban J connectivity index is 2.73. The standard InChI is InChI=1S/C12H17BrN2O3/c1-12(2,3)18-11(17)14-7-9-8(13)5-6-10(16)15(9)4/h5-6H,7H2,1-4H3,(H,14,17). The quantitative estimate of drug-likeness (QED) is 0.909. The summed E-state index contributed by atoms with van der Waals surface area (Å²) >= 11 is 3.34. The molecule has 1 N–H and O–H groups in total. The average molecular weight is 317 g/mol. The number of halogens is 1. The molecule has 1 aromatic heterocycles. The topological polar surface area (TPSA) is 60.3 Å². The molecule has 0 saturated heterocycles. The number of hydrogen-bond acceptors (Lipinski definition) is 3. The molecular weight excluding hydrogens is 300 g/mol. The largest absolute Gasteiger partial charge is 0.444 e. The van der Waals surface area contributed by atoms with Gasteiger partial charge >= 0.3 is 6.09 Å². The van der Waals surface area contributed by atoms with Crippen LogP contribution in [0.2, 0.25) is 0 Å². The van der Waals surface area contributed by atoms with Gasteiger partial charge in [-0.2, -0.15) is 0 Å². The second-order valence-corrected chi connectivity index (χ2v) is 5.74. The van der Waals surface area contributed by atoms with Crippen LogP contribution in [0.3, 0.4) is 0 Å². The first kappa shape index (κ1) is 14.8. The highest BCUT2D eigenvalue weighted by atomic mass is 79.9. The molecule has 0 fully saturated rings. The summed E-state index contributed by atoms with van der Waals surface area (Å²) in [4.78, 5) is 23.0. The van der Waals surface area contributed by atoms with Gasteiger partial charge in [0, 0.05) is 17.6 Å². The van der Waals surface area contributed by atoms with Crippen molar-refractivity contribution in [2.24, 2.45) is 7.05 Å². The van der Waals surface area contributed by atoms with Gasteiger partial charge in [0.05, 0.1) is 12.2 Å². The Hall–Kier alpha value is -1.30. The van der Waals surface area contributed by atoms with Gasteiger partial charge in [0.1, 0.15) is 5.60 Å². The lowest BCUT2D eigenvalue weighted by Gasteiger charge is -2.20. The summed E-state index contributed by atoms with van der Waals surface area (Å²) in [6, 6.07) is 3.12. The van der Waals surface area contributed by atoms with Gasteiger partial charge in [0.25, 0.3) is 5.56 Å². The van der Waals surface area contributed by atoms with Crippen molar-refractivity contribution in [3.05, 3.63) is 32.7 Å². The molecule has 0 aliphatic heterocycles. The van der Waals surface area contributed by atoms with Crippen LogP contribution >= 0.6 is 15.9 Å². The summed E-state index contributed by atoms with van der Waals surface area (Å²) in [7, 11) is 1.65. The number of carbonyl (C=O) groups excluding carboxylic acids is 1. The van der Waals surface area contributed by atoms with Crippen LogP contribution in [0, 0.1) is 0 Å². The zero-order chi connectivity index (χ0) is 13.9. The van der Waals surface area contributed by atoms with E-state index in [4.69, 9.17) is 4.74 Å². The SMILES string of the molecule is Cn1c(CNC(=O)OC(C)(C)C)c(Br)ccc1=O. The van der Waals surface area contributed by atoms with Gasteiger partial charge in [0.2, 0.25) is 0 Å². The second-order valence-electron chi connectivity index (χ2n) is 4.88. The van der Waals surface area contributed by atoms with Gasteiger partial charge in [-0.25, -0.2) is 4.79 Å². The molecule has 1 rings (SSSR count). The van der Waals surface area contributed by atoms with Gasteiger partial charge in [-0.05, 0) is 42.8 Å². The molecule has 5 nitrogen and oxygen atoms in total. The van der Waals surface area contributed by atoms with E-state index in [2.05, 4.69) is 21.2 Å². The van der Waals surface area contributed by atoms with Gasteiger partial charge < -0.3 is 14.6 Å². The number of ether oxygens (including phenoxy) is 1. The number of rotatable bonds is 2. The predicted octanol–water partition coefficient (Wildman–Crippen LogP) is 2.17. The zero-order valence-corrected chi connectivity index (χ0v) is 12.5. The number of pyridine rings is 1. The molecule has 0 saturated carbocycles. The van der Waals surface area contributed by atoms with Gasteiger partial charge in [0.15, 0.2) is 0 Å². The number of nitrogens with zero attached hydrogens (tertiary/aromatic N) is 1. The van der Waals surface area contributed by atoms with Crippen molar-refractivity contribution in [3.8, 4) is 0 Å². The third kappa shape index (κ3) is 4.18. The van der Waals surface area contributed by atoms with Crippen molar-refractivity contribution in [3.63, 3.8) is 0 Å². The fraction of sp³-hybridized carbons (Fsp3) is 0.500. The molecule has 0 spiro atoms. The maximum atomic E-state index is 11.5. The van der Waals surface area contributed by atoms with Crippen LogP contribution in [0.15, 0.2) is 21.4 Å². The van der Waals surface area contributed by atoms with E-state index in [-0.39, 0.29) is 12.1 Å². The highest BCUT2D eigenvalue weighted by Gasteiger charge is 2.16. The molecule has 100 valence electrons. The smallest absolute Gasteiger partial charge is 0.407 e. The summed E-state index contributed by atoms with van der Waals surface area (Å²) in [5.74, 6) is 0. The number of amides is 1. The molecule has 6 heteroatoms. The first-order valence-corrected chi connectivity index (χ1v) is 6.31. The zero-order valence-electron chi connectivity index (χ0n) is 10.9. The van der Waals surface area contributed by atoms with Crippen LogP contribution in [0.1, 0.15) is 26.5 Å². The lowest BCUT2D eigenvalue weighted by atomic mass is 10.2. The summed E-state index contributed by atoms with van der Waals surface area (Å²) < 4.78 is 7.35. The molecule has 18 heavy (non-hydrogen) atoms. The second kappa shape index (κ2) is 5.56. The number of aromatic nitrogens is 1. The molecule has 0 unspecified atom stereocenters.